The van der Waals surface area contributed by atoms with Gasteiger partial charge < -0.3 is 18.8 Å². The standard InChI is InChI=1S/C15H19N3O5/c1-9-16-17-11(23-9)5-22-10-3-18(4-10)12(19)14-6-15(7-14,8-14)13(20)21-2/h10H,3-8H2,1-2H3. The molecule has 2 heterocycles. The number of carbonyl (C=O) groups excluding carboxylic acids is 2. The molecule has 1 aromatic rings. The number of hydrogen-bond acceptors (Lipinski definition) is 7. The lowest BCUT2D eigenvalue weighted by molar-refractivity contribution is -0.233. The molecule has 3 saturated carbocycles. The van der Waals surface area contributed by atoms with Crippen molar-refractivity contribution >= 4 is 11.9 Å². The number of likely N-dealkylation sites (tertiary alicyclic amines) is 1. The van der Waals surface area contributed by atoms with Crippen molar-refractivity contribution in [1.29, 1.82) is 0 Å². The van der Waals surface area contributed by atoms with Crippen LogP contribution in [0.1, 0.15) is 31.0 Å². The molecule has 0 radical (unpaired) electrons. The van der Waals surface area contributed by atoms with Gasteiger partial charge in [0.1, 0.15) is 6.61 Å². The van der Waals surface area contributed by atoms with Gasteiger partial charge in [-0.3, -0.25) is 9.59 Å². The molecule has 1 amide bonds. The van der Waals surface area contributed by atoms with Gasteiger partial charge in [0.2, 0.25) is 17.7 Å². The van der Waals surface area contributed by atoms with Gasteiger partial charge in [0.25, 0.3) is 0 Å². The average Bonchev–Trinajstić information content (AvgIpc) is 2.79. The number of aromatic nitrogens is 2. The molecule has 0 atom stereocenters. The zero-order valence-electron chi connectivity index (χ0n) is 13.2. The van der Waals surface area contributed by atoms with Gasteiger partial charge >= 0.3 is 5.97 Å². The predicted octanol–water partition coefficient (Wildman–Crippen LogP) is 0.449. The Balaban J connectivity index is 1.22. The predicted molar refractivity (Wildman–Crippen MR) is 74.9 cm³/mol. The van der Waals surface area contributed by atoms with Gasteiger partial charge in [0.05, 0.1) is 24.0 Å². The summed E-state index contributed by atoms with van der Waals surface area (Å²) in [4.78, 5) is 26.0. The van der Waals surface area contributed by atoms with Crippen LogP contribution in [0.3, 0.4) is 0 Å². The number of amides is 1. The summed E-state index contributed by atoms with van der Waals surface area (Å²) in [7, 11) is 1.40. The zero-order valence-corrected chi connectivity index (χ0v) is 13.2. The Morgan fingerprint density at radius 2 is 1.96 bits per heavy atom. The Bertz CT molecular complexity index is 644. The molecule has 0 unspecified atom stereocenters. The molecule has 0 N–H and O–H groups in total. The molecule has 3 aliphatic carbocycles. The van der Waals surface area contributed by atoms with Crippen molar-refractivity contribution in [2.45, 2.75) is 38.9 Å². The van der Waals surface area contributed by atoms with Crippen molar-refractivity contribution in [3.8, 4) is 0 Å². The molecule has 2 bridgehead atoms. The maximum absolute atomic E-state index is 12.5. The summed E-state index contributed by atoms with van der Waals surface area (Å²) in [6.45, 7) is 3.16. The maximum atomic E-state index is 12.5. The molecule has 4 aliphatic rings. The van der Waals surface area contributed by atoms with E-state index in [0.29, 0.717) is 44.1 Å². The molecule has 0 spiro atoms. The summed E-state index contributed by atoms with van der Waals surface area (Å²) < 4.78 is 15.7. The summed E-state index contributed by atoms with van der Waals surface area (Å²) in [5.41, 5.74) is -0.691. The second-order valence-corrected chi connectivity index (χ2v) is 6.94. The fourth-order valence-corrected chi connectivity index (χ4v) is 4.08. The molecular weight excluding hydrogens is 302 g/mol. The van der Waals surface area contributed by atoms with Gasteiger partial charge in [-0.05, 0) is 19.3 Å². The third kappa shape index (κ3) is 2.08. The zero-order chi connectivity index (χ0) is 16.2. The van der Waals surface area contributed by atoms with E-state index in [1.54, 1.807) is 6.92 Å². The highest BCUT2D eigenvalue weighted by molar-refractivity contribution is 5.94. The van der Waals surface area contributed by atoms with Crippen LogP contribution in [0.15, 0.2) is 4.42 Å². The number of rotatable bonds is 5. The van der Waals surface area contributed by atoms with Crippen LogP contribution >= 0.6 is 0 Å². The Hall–Kier alpha value is -1.96. The third-order valence-electron chi connectivity index (χ3n) is 5.25. The van der Waals surface area contributed by atoms with Crippen LogP contribution in [0.5, 0.6) is 0 Å². The van der Waals surface area contributed by atoms with E-state index in [9.17, 15) is 9.59 Å². The highest BCUT2D eigenvalue weighted by Gasteiger charge is 2.76. The largest absolute Gasteiger partial charge is 0.469 e. The fraction of sp³-hybridized carbons (Fsp3) is 0.733. The number of ether oxygens (including phenoxy) is 2. The summed E-state index contributed by atoms with van der Waals surface area (Å²) in [6.07, 6.45) is 1.91. The van der Waals surface area contributed by atoms with Crippen LogP contribution in [0, 0.1) is 17.8 Å². The van der Waals surface area contributed by atoms with Gasteiger partial charge in [0, 0.05) is 20.0 Å². The lowest BCUT2D eigenvalue weighted by atomic mass is 9.34. The molecule has 0 aromatic carbocycles. The molecular formula is C15H19N3O5. The van der Waals surface area contributed by atoms with Crippen molar-refractivity contribution in [1.82, 2.24) is 15.1 Å². The number of aryl methyl sites for hydroxylation is 1. The van der Waals surface area contributed by atoms with Crippen LogP contribution in [0.2, 0.25) is 0 Å². The molecule has 124 valence electrons. The molecule has 8 nitrogen and oxygen atoms in total. The van der Waals surface area contributed by atoms with E-state index in [1.807, 2.05) is 4.90 Å². The monoisotopic (exact) mass is 321 g/mol. The summed E-state index contributed by atoms with van der Waals surface area (Å²) in [5, 5.41) is 7.60. The Kier molecular flexibility index (Phi) is 3.03. The Labute approximate surface area is 133 Å². The highest BCUT2D eigenvalue weighted by Crippen LogP contribution is 2.74. The van der Waals surface area contributed by atoms with Crippen molar-refractivity contribution in [2.24, 2.45) is 10.8 Å². The average molecular weight is 321 g/mol. The maximum Gasteiger partial charge on any atom is 0.311 e. The second kappa shape index (κ2) is 4.77. The van der Waals surface area contributed by atoms with Gasteiger partial charge in [-0.25, -0.2) is 0 Å². The molecule has 1 aliphatic heterocycles. The first kappa shape index (κ1) is 14.6. The smallest absolute Gasteiger partial charge is 0.311 e. The van der Waals surface area contributed by atoms with Crippen molar-refractivity contribution in [2.75, 3.05) is 20.2 Å². The molecule has 8 heteroatoms. The van der Waals surface area contributed by atoms with Crippen LogP contribution in [0.25, 0.3) is 0 Å². The lowest BCUT2D eigenvalue weighted by Crippen LogP contribution is -2.73. The summed E-state index contributed by atoms with van der Waals surface area (Å²) in [6, 6.07) is 0. The fourth-order valence-electron chi connectivity index (χ4n) is 4.08. The van der Waals surface area contributed by atoms with Crippen molar-refractivity contribution in [3.63, 3.8) is 0 Å². The van der Waals surface area contributed by atoms with E-state index in [1.165, 1.54) is 7.11 Å². The minimum Gasteiger partial charge on any atom is -0.469 e. The first-order valence-electron chi connectivity index (χ1n) is 7.75. The number of esters is 1. The minimum absolute atomic E-state index is 0.00748. The molecule has 1 aromatic heterocycles. The van der Waals surface area contributed by atoms with Crippen molar-refractivity contribution in [3.05, 3.63) is 11.8 Å². The van der Waals surface area contributed by atoms with Crippen LogP contribution in [-0.4, -0.2) is 53.3 Å². The number of nitrogens with zero attached hydrogens (tertiary/aromatic N) is 3. The van der Waals surface area contributed by atoms with E-state index >= 15 is 0 Å². The van der Waals surface area contributed by atoms with E-state index in [0.717, 1.165) is 0 Å². The summed E-state index contributed by atoms with van der Waals surface area (Å²) >= 11 is 0. The van der Waals surface area contributed by atoms with Gasteiger partial charge in [-0.1, -0.05) is 0 Å². The van der Waals surface area contributed by atoms with E-state index in [-0.39, 0.29) is 35.4 Å². The Morgan fingerprint density at radius 3 is 2.52 bits per heavy atom. The normalized spacial score (nSPS) is 31.8. The topological polar surface area (TPSA) is 94.8 Å². The van der Waals surface area contributed by atoms with Gasteiger partial charge in [-0.2, -0.15) is 0 Å². The van der Waals surface area contributed by atoms with E-state index < -0.39 is 0 Å². The minimum atomic E-state index is -0.374. The number of carbonyl (C=O) groups is 2. The van der Waals surface area contributed by atoms with Gasteiger partial charge in [0.15, 0.2) is 0 Å². The van der Waals surface area contributed by atoms with Crippen LogP contribution < -0.4 is 0 Å². The third-order valence-corrected chi connectivity index (χ3v) is 5.25. The quantitative estimate of drug-likeness (QED) is 0.727. The first-order chi connectivity index (χ1) is 11.0. The van der Waals surface area contributed by atoms with Crippen molar-refractivity contribution < 1.29 is 23.5 Å². The molecule has 4 fully saturated rings. The SMILES string of the molecule is COC(=O)C12CC(C(=O)N3CC(OCc4nnc(C)o4)C3)(C1)C2. The number of hydrogen-bond donors (Lipinski definition) is 0. The number of methoxy groups -OCH3 is 1. The Morgan fingerprint density at radius 1 is 1.26 bits per heavy atom. The summed E-state index contributed by atoms with van der Waals surface area (Å²) in [5.74, 6) is 0.937. The van der Waals surface area contributed by atoms with Crippen LogP contribution in [0.4, 0.5) is 0 Å². The molecule has 5 rings (SSSR count). The molecule has 1 saturated heterocycles. The van der Waals surface area contributed by atoms with E-state index in [4.69, 9.17) is 13.9 Å². The highest BCUT2D eigenvalue weighted by atomic mass is 16.5. The van der Waals surface area contributed by atoms with Gasteiger partial charge in [-0.15, -0.1) is 10.2 Å². The lowest BCUT2D eigenvalue weighted by Gasteiger charge is -2.68. The second-order valence-electron chi connectivity index (χ2n) is 6.94. The first-order valence-corrected chi connectivity index (χ1v) is 7.75. The van der Waals surface area contributed by atoms with E-state index in [2.05, 4.69) is 10.2 Å². The molecule has 23 heavy (non-hydrogen) atoms. The van der Waals surface area contributed by atoms with Crippen LogP contribution in [-0.2, 0) is 25.7 Å².